The largest absolute Gasteiger partial charge is 0.490 e. The summed E-state index contributed by atoms with van der Waals surface area (Å²) in [6.45, 7) is 0. The van der Waals surface area contributed by atoms with E-state index in [1.165, 1.54) is 24.4 Å². The molecule has 0 saturated heterocycles. The molecule has 1 heterocycles. The number of rotatable bonds is 3. The van der Waals surface area contributed by atoms with E-state index in [0.717, 1.165) is 19.3 Å². The van der Waals surface area contributed by atoms with E-state index in [1.54, 1.807) is 18.2 Å². The summed E-state index contributed by atoms with van der Waals surface area (Å²) < 4.78 is 55.8. The predicted molar refractivity (Wildman–Crippen MR) is 81.7 cm³/mol. The maximum absolute atomic E-state index is 12.9. The molecule has 2 aromatic rings. The second kappa shape index (κ2) is 7.96. The number of nitrogens with zero attached hydrogens (tertiary/aromatic N) is 1. The van der Waals surface area contributed by atoms with Crippen LogP contribution in [0, 0.1) is 5.82 Å². The average Bonchev–Trinajstić information content (AvgIpc) is 2.51. The molecule has 0 bridgehead atoms. The van der Waals surface area contributed by atoms with Crippen molar-refractivity contribution >= 4 is 5.82 Å². The van der Waals surface area contributed by atoms with Crippen LogP contribution in [0.3, 0.4) is 0 Å². The van der Waals surface area contributed by atoms with Crippen molar-refractivity contribution in [3.05, 3.63) is 54.0 Å². The Balaban J connectivity index is 0.000000249. The minimum atomic E-state index is -4.55. The highest BCUT2D eigenvalue weighted by Gasteiger charge is 2.39. The molecule has 1 saturated carbocycles. The minimum Gasteiger partial charge on any atom is -0.490 e. The van der Waals surface area contributed by atoms with Crippen LogP contribution in [0.2, 0.25) is 0 Å². The molecule has 0 spiro atoms. The fourth-order valence-corrected chi connectivity index (χ4v) is 2.01. The van der Waals surface area contributed by atoms with E-state index < -0.39 is 17.6 Å². The molecule has 0 aliphatic heterocycles. The SMILES string of the molecule is Fc1ccccc1.NNc1nccc(OC2CCC2)c1C(F)(F)F. The van der Waals surface area contributed by atoms with Gasteiger partial charge in [0.05, 0.1) is 6.10 Å². The van der Waals surface area contributed by atoms with E-state index in [9.17, 15) is 17.6 Å². The van der Waals surface area contributed by atoms with Gasteiger partial charge in [-0.05, 0) is 37.5 Å². The Labute approximate surface area is 136 Å². The highest BCUT2D eigenvalue weighted by atomic mass is 19.4. The van der Waals surface area contributed by atoms with Gasteiger partial charge in [-0.15, -0.1) is 0 Å². The third-order valence-electron chi connectivity index (χ3n) is 3.41. The van der Waals surface area contributed by atoms with Crippen LogP contribution in [0.25, 0.3) is 0 Å². The number of nitrogens with one attached hydrogen (secondary N) is 1. The third-order valence-corrected chi connectivity index (χ3v) is 3.41. The Morgan fingerprint density at radius 2 is 1.79 bits per heavy atom. The minimum absolute atomic E-state index is 0.135. The van der Waals surface area contributed by atoms with Gasteiger partial charge in [0.2, 0.25) is 0 Å². The first-order chi connectivity index (χ1) is 11.4. The van der Waals surface area contributed by atoms with Crippen LogP contribution in [-0.4, -0.2) is 11.1 Å². The van der Waals surface area contributed by atoms with Gasteiger partial charge < -0.3 is 10.2 Å². The summed E-state index contributed by atoms with van der Waals surface area (Å²) in [6.07, 6.45) is -0.896. The maximum Gasteiger partial charge on any atom is 0.423 e. The normalized spacial score (nSPS) is 14.2. The lowest BCUT2D eigenvalue weighted by molar-refractivity contribution is -0.139. The number of hydrogen-bond acceptors (Lipinski definition) is 4. The van der Waals surface area contributed by atoms with Gasteiger partial charge in [-0.25, -0.2) is 15.2 Å². The van der Waals surface area contributed by atoms with Crippen molar-refractivity contribution in [2.24, 2.45) is 5.84 Å². The van der Waals surface area contributed by atoms with Crippen molar-refractivity contribution < 1.29 is 22.3 Å². The molecule has 8 heteroatoms. The number of halogens is 4. The van der Waals surface area contributed by atoms with E-state index in [2.05, 4.69) is 4.98 Å². The average molecular weight is 343 g/mol. The Hall–Kier alpha value is -2.35. The van der Waals surface area contributed by atoms with Crippen molar-refractivity contribution in [1.29, 1.82) is 0 Å². The zero-order valence-electron chi connectivity index (χ0n) is 12.7. The first kappa shape index (κ1) is 18.0. The Bertz CT molecular complexity index is 646. The number of alkyl halides is 3. The van der Waals surface area contributed by atoms with Crippen LogP contribution < -0.4 is 16.0 Å². The molecule has 130 valence electrons. The van der Waals surface area contributed by atoms with Crippen LogP contribution in [0.15, 0.2) is 42.6 Å². The van der Waals surface area contributed by atoms with E-state index in [4.69, 9.17) is 10.6 Å². The van der Waals surface area contributed by atoms with E-state index in [1.807, 2.05) is 5.43 Å². The lowest BCUT2D eigenvalue weighted by Crippen LogP contribution is -2.26. The summed E-state index contributed by atoms with van der Waals surface area (Å²) in [5.41, 5.74) is 0.991. The summed E-state index contributed by atoms with van der Waals surface area (Å²) in [4.78, 5) is 3.54. The molecular formula is C16H17F4N3O. The van der Waals surface area contributed by atoms with Crippen molar-refractivity contribution in [3.8, 4) is 5.75 Å². The van der Waals surface area contributed by atoms with E-state index in [0.29, 0.717) is 0 Å². The van der Waals surface area contributed by atoms with Crippen LogP contribution >= 0.6 is 0 Å². The van der Waals surface area contributed by atoms with E-state index in [-0.39, 0.29) is 17.7 Å². The van der Waals surface area contributed by atoms with Crippen molar-refractivity contribution in [3.63, 3.8) is 0 Å². The quantitative estimate of drug-likeness (QED) is 0.499. The summed E-state index contributed by atoms with van der Waals surface area (Å²) in [5, 5.41) is 0. The fourth-order valence-electron chi connectivity index (χ4n) is 2.01. The van der Waals surface area contributed by atoms with Crippen molar-refractivity contribution in [2.45, 2.75) is 31.5 Å². The number of hydrogen-bond donors (Lipinski definition) is 2. The van der Waals surface area contributed by atoms with Gasteiger partial charge in [0, 0.05) is 6.20 Å². The van der Waals surface area contributed by atoms with E-state index >= 15 is 0 Å². The topological polar surface area (TPSA) is 60.2 Å². The standard InChI is InChI=1S/C10H12F3N3O.C6H5F/c11-10(12,13)8-7(17-6-2-1-3-6)4-5-15-9(8)16-14;7-6-4-2-1-3-5-6/h4-6H,1-3,14H2,(H,15,16);1-5H. The highest BCUT2D eigenvalue weighted by Crippen LogP contribution is 2.41. The fraction of sp³-hybridized carbons (Fsp3) is 0.312. The Kier molecular flexibility index (Phi) is 5.97. The molecule has 1 aliphatic carbocycles. The molecule has 1 aromatic heterocycles. The maximum atomic E-state index is 12.9. The van der Waals surface area contributed by atoms with Gasteiger partial charge in [0.1, 0.15) is 17.1 Å². The van der Waals surface area contributed by atoms with Crippen LogP contribution in [0.4, 0.5) is 23.4 Å². The molecule has 1 aliphatic rings. The molecular weight excluding hydrogens is 326 g/mol. The molecule has 0 amide bonds. The zero-order chi connectivity index (χ0) is 17.6. The Morgan fingerprint density at radius 3 is 2.21 bits per heavy atom. The van der Waals surface area contributed by atoms with Gasteiger partial charge in [-0.1, -0.05) is 18.2 Å². The molecule has 0 atom stereocenters. The first-order valence-electron chi connectivity index (χ1n) is 7.32. The molecule has 3 rings (SSSR count). The first-order valence-corrected chi connectivity index (χ1v) is 7.32. The summed E-state index contributed by atoms with van der Waals surface area (Å²) in [6, 6.07) is 9.15. The van der Waals surface area contributed by atoms with Gasteiger partial charge >= 0.3 is 6.18 Å². The number of benzene rings is 1. The smallest absolute Gasteiger partial charge is 0.423 e. The molecule has 0 unspecified atom stereocenters. The summed E-state index contributed by atoms with van der Waals surface area (Å²) in [7, 11) is 0. The zero-order valence-corrected chi connectivity index (χ0v) is 12.7. The number of pyridine rings is 1. The predicted octanol–water partition coefficient (Wildman–Crippen LogP) is 4.14. The van der Waals surface area contributed by atoms with Crippen molar-refractivity contribution in [2.75, 3.05) is 5.43 Å². The molecule has 1 fully saturated rings. The number of nitrogen functional groups attached to an aromatic ring is 1. The Morgan fingerprint density at radius 1 is 1.12 bits per heavy atom. The number of hydrazine groups is 1. The third kappa shape index (κ3) is 4.82. The molecule has 4 nitrogen and oxygen atoms in total. The summed E-state index contributed by atoms with van der Waals surface area (Å²) in [5.74, 6) is 4.21. The molecule has 3 N–H and O–H groups in total. The molecule has 0 radical (unpaired) electrons. The highest BCUT2D eigenvalue weighted by molar-refractivity contribution is 5.52. The second-order valence-electron chi connectivity index (χ2n) is 5.14. The molecule has 1 aromatic carbocycles. The van der Waals surface area contributed by atoms with Gasteiger partial charge in [0.25, 0.3) is 0 Å². The second-order valence-corrected chi connectivity index (χ2v) is 5.14. The number of ether oxygens (including phenoxy) is 1. The van der Waals surface area contributed by atoms with Crippen LogP contribution in [-0.2, 0) is 6.18 Å². The number of nitrogens with two attached hydrogens (primary N) is 1. The van der Waals surface area contributed by atoms with Gasteiger partial charge in [-0.2, -0.15) is 13.2 Å². The van der Waals surface area contributed by atoms with Gasteiger partial charge in [0.15, 0.2) is 5.82 Å². The number of anilines is 1. The summed E-state index contributed by atoms with van der Waals surface area (Å²) >= 11 is 0. The van der Waals surface area contributed by atoms with Crippen LogP contribution in [0.1, 0.15) is 24.8 Å². The van der Waals surface area contributed by atoms with Crippen LogP contribution in [0.5, 0.6) is 5.75 Å². The number of aromatic nitrogens is 1. The van der Waals surface area contributed by atoms with Crippen molar-refractivity contribution in [1.82, 2.24) is 4.98 Å². The lowest BCUT2D eigenvalue weighted by atomic mass is 9.96. The lowest BCUT2D eigenvalue weighted by Gasteiger charge is -2.28. The van der Waals surface area contributed by atoms with Gasteiger partial charge in [-0.3, -0.25) is 0 Å². The monoisotopic (exact) mass is 343 g/mol. The molecule has 24 heavy (non-hydrogen) atoms.